The van der Waals surface area contributed by atoms with E-state index in [-0.39, 0.29) is 12.4 Å². The van der Waals surface area contributed by atoms with Gasteiger partial charge in [0.25, 0.3) is 0 Å². The minimum atomic E-state index is -0.167. The first-order valence-corrected chi connectivity index (χ1v) is 6.38. The molecule has 0 aromatic heterocycles. The Morgan fingerprint density at radius 3 is 2.83 bits per heavy atom. The van der Waals surface area contributed by atoms with Gasteiger partial charge in [-0.2, -0.15) is 0 Å². The molecule has 0 aliphatic carbocycles. The highest BCUT2D eigenvalue weighted by atomic mass is 16.7. The maximum atomic E-state index is 6.27. The average molecular weight is 245 g/mol. The highest BCUT2D eigenvalue weighted by Crippen LogP contribution is 2.48. The molecule has 18 heavy (non-hydrogen) atoms. The molecule has 1 N–H and O–H groups in total. The summed E-state index contributed by atoms with van der Waals surface area (Å²) in [5, 5.41) is 3.36. The first kappa shape index (κ1) is 10.3. The van der Waals surface area contributed by atoms with Crippen LogP contribution >= 0.6 is 0 Å². The van der Waals surface area contributed by atoms with Gasteiger partial charge in [0.15, 0.2) is 11.5 Å². The molecule has 1 aromatic rings. The van der Waals surface area contributed by atoms with Crippen molar-refractivity contribution in [3.63, 3.8) is 0 Å². The monoisotopic (exact) mass is 245 g/mol. The summed E-state index contributed by atoms with van der Waals surface area (Å²) in [7, 11) is 0. The zero-order valence-electron chi connectivity index (χ0n) is 10.1. The summed E-state index contributed by atoms with van der Waals surface area (Å²) in [4.78, 5) is 0. The highest BCUT2D eigenvalue weighted by molar-refractivity contribution is 5.69. The van der Waals surface area contributed by atoms with Crippen molar-refractivity contribution >= 4 is 6.08 Å². The smallest absolute Gasteiger partial charge is 0.231 e. The normalized spacial score (nSPS) is 22.7. The number of piperidine rings is 1. The minimum absolute atomic E-state index is 0.167. The maximum absolute atomic E-state index is 6.27. The first-order chi connectivity index (χ1) is 8.86. The molecular weight excluding hydrogens is 230 g/mol. The molecule has 0 bridgehead atoms. The number of hydrogen-bond donors (Lipinski definition) is 1. The number of ether oxygens (including phenoxy) is 3. The zero-order chi connectivity index (χ0) is 12.0. The molecule has 1 aromatic carbocycles. The van der Waals surface area contributed by atoms with Crippen molar-refractivity contribution in [2.45, 2.75) is 18.4 Å². The Morgan fingerprint density at radius 1 is 1.06 bits per heavy atom. The third-order valence-corrected chi connectivity index (χ3v) is 3.85. The molecule has 0 amide bonds. The molecule has 0 radical (unpaired) electrons. The van der Waals surface area contributed by atoms with Crippen molar-refractivity contribution in [3.8, 4) is 17.2 Å². The summed E-state index contributed by atoms with van der Waals surface area (Å²) in [6.45, 7) is 2.27. The van der Waals surface area contributed by atoms with Crippen LogP contribution in [0.2, 0.25) is 0 Å². The molecule has 0 unspecified atom stereocenters. The van der Waals surface area contributed by atoms with Gasteiger partial charge in [-0.15, -0.1) is 0 Å². The number of nitrogens with one attached hydrogen (secondary N) is 1. The standard InChI is InChI=1S/C14H15NO3/c1-2-11-13(17-9-16-11)12-10(1)3-4-14(18-12)5-7-15-8-6-14/h1-4,15H,5-9H2. The van der Waals surface area contributed by atoms with Crippen LogP contribution in [0, 0.1) is 0 Å². The average Bonchev–Trinajstić information content (AvgIpc) is 2.88. The number of rotatable bonds is 0. The van der Waals surface area contributed by atoms with Crippen LogP contribution in [0.25, 0.3) is 6.08 Å². The molecule has 4 heteroatoms. The largest absolute Gasteiger partial charge is 0.478 e. The van der Waals surface area contributed by atoms with E-state index in [1.807, 2.05) is 12.1 Å². The van der Waals surface area contributed by atoms with E-state index in [9.17, 15) is 0 Å². The molecule has 0 atom stereocenters. The lowest BCUT2D eigenvalue weighted by Crippen LogP contribution is -2.45. The molecule has 1 spiro atoms. The van der Waals surface area contributed by atoms with Gasteiger partial charge >= 0.3 is 0 Å². The van der Waals surface area contributed by atoms with Gasteiger partial charge in [-0.05, 0) is 31.3 Å². The fraction of sp³-hybridized carbons (Fsp3) is 0.429. The molecule has 94 valence electrons. The van der Waals surface area contributed by atoms with Gasteiger partial charge in [0.05, 0.1) is 0 Å². The van der Waals surface area contributed by atoms with Crippen LogP contribution in [0.4, 0.5) is 0 Å². The third kappa shape index (κ3) is 1.42. The van der Waals surface area contributed by atoms with Crippen molar-refractivity contribution in [3.05, 3.63) is 23.8 Å². The van der Waals surface area contributed by atoms with Crippen molar-refractivity contribution in [2.24, 2.45) is 0 Å². The fourth-order valence-corrected chi connectivity index (χ4v) is 2.80. The van der Waals surface area contributed by atoms with Crippen LogP contribution in [0.1, 0.15) is 18.4 Å². The maximum Gasteiger partial charge on any atom is 0.231 e. The van der Waals surface area contributed by atoms with Crippen molar-refractivity contribution in [1.82, 2.24) is 5.32 Å². The van der Waals surface area contributed by atoms with E-state index < -0.39 is 0 Å². The lowest BCUT2D eigenvalue weighted by molar-refractivity contribution is 0.0771. The molecule has 3 aliphatic rings. The SMILES string of the molecule is C1=CC2(CCNCC2)Oc2c1ccc1c2OCO1. The Balaban J connectivity index is 1.77. The number of benzene rings is 1. The fourth-order valence-electron chi connectivity index (χ4n) is 2.80. The Kier molecular flexibility index (Phi) is 2.08. The van der Waals surface area contributed by atoms with Crippen LogP contribution < -0.4 is 19.5 Å². The molecule has 4 rings (SSSR count). The predicted molar refractivity (Wildman–Crippen MR) is 67.1 cm³/mol. The lowest BCUT2D eigenvalue weighted by atomic mass is 9.89. The van der Waals surface area contributed by atoms with Crippen molar-refractivity contribution in [1.29, 1.82) is 0 Å². The quantitative estimate of drug-likeness (QED) is 0.758. The van der Waals surface area contributed by atoms with Crippen LogP contribution in [0.3, 0.4) is 0 Å². The van der Waals surface area contributed by atoms with E-state index in [0.717, 1.165) is 48.7 Å². The topological polar surface area (TPSA) is 39.7 Å². The Morgan fingerprint density at radius 2 is 1.94 bits per heavy atom. The second-order valence-electron chi connectivity index (χ2n) is 4.97. The van der Waals surface area contributed by atoms with E-state index in [1.54, 1.807) is 0 Å². The molecule has 1 fully saturated rings. The van der Waals surface area contributed by atoms with Gasteiger partial charge in [-0.1, -0.05) is 6.08 Å². The highest BCUT2D eigenvalue weighted by Gasteiger charge is 2.37. The molecule has 3 heterocycles. The molecule has 0 saturated carbocycles. The summed E-state index contributed by atoms with van der Waals surface area (Å²) >= 11 is 0. The van der Waals surface area contributed by atoms with E-state index in [1.165, 1.54) is 0 Å². The summed E-state index contributed by atoms with van der Waals surface area (Å²) in [5.74, 6) is 2.39. The van der Waals surface area contributed by atoms with E-state index in [4.69, 9.17) is 14.2 Å². The van der Waals surface area contributed by atoms with Crippen molar-refractivity contribution in [2.75, 3.05) is 19.9 Å². The Bertz CT molecular complexity index is 518. The van der Waals surface area contributed by atoms with Crippen molar-refractivity contribution < 1.29 is 14.2 Å². The Hall–Kier alpha value is -1.68. The van der Waals surface area contributed by atoms with Crippen LogP contribution in [0.5, 0.6) is 17.2 Å². The van der Waals surface area contributed by atoms with Crippen LogP contribution in [-0.4, -0.2) is 25.5 Å². The second kappa shape index (κ2) is 3.65. The Labute approximate surface area is 106 Å². The second-order valence-corrected chi connectivity index (χ2v) is 4.97. The summed E-state index contributed by atoms with van der Waals surface area (Å²) in [6.07, 6.45) is 6.32. The molecule has 1 saturated heterocycles. The lowest BCUT2D eigenvalue weighted by Gasteiger charge is -2.38. The summed E-state index contributed by atoms with van der Waals surface area (Å²) in [6, 6.07) is 3.96. The number of hydrogen-bond acceptors (Lipinski definition) is 4. The van der Waals surface area contributed by atoms with E-state index in [0.29, 0.717) is 0 Å². The van der Waals surface area contributed by atoms with Gasteiger partial charge < -0.3 is 19.5 Å². The first-order valence-electron chi connectivity index (χ1n) is 6.38. The van der Waals surface area contributed by atoms with Gasteiger partial charge in [0.1, 0.15) is 5.60 Å². The van der Waals surface area contributed by atoms with Crippen LogP contribution in [-0.2, 0) is 0 Å². The molecular formula is C14H15NO3. The summed E-state index contributed by atoms with van der Waals surface area (Å²) < 4.78 is 17.2. The van der Waals surface area contributed by atoms with Crippen LogP contribution in [0.15, 0.2) is 18.2 Å². The molecule has 4 nitrogen and oxygen atoms in total. The zero-order valence-corrected chi connectivity index (χ0v) is 10.1. The van der Waals surface area contributed by atoms with Gasteiger partial charge in [0, 0.05) is 18.4 Å². The van der Waals surface area contributed by atoms with E-state index >= 15 is 0 Å². The minimum Gasteiger partial charge on any atom is -0.478 e. The van der Waals surface area contributed by atoms with Gasteiger partial charge in [0.2, 0.25) is 12.5 Å². The van der Waals surface area contributed by atoms with Gasteiger partial charge in [-0.25, -0.2) is 0 Å². The number of fused-ring (bicyclic) bond motifs is 3. The summed E-state index contributed by atoms with van der Waals surface area (Å²) in [5.41, 5.74) is 0.905. The third-order valence-electron chi connectivity index (χ3n) is 3.85. The predicted octanol–water partition coefficient (Wildman–Crippen LogP) is 1.94. The van der Waals surface area contributed by atoms with E-state index in [2.05, 4.69) is 17.5 Å². The molecule has 3 aliphatic heterocycles. The van der Waals surface area contributed by atoms with Gasteiger partial charge in [-0.3, -0.25) is 0 Å².